The average molecular weight is 547 g/mol. The second-order valence-electron chi connectivity index (χ2n) is 9.91. The van der Waals surface area contributed by atoms with Crippen LogP contribution in [0.1, 0.15) is 55.4 Å². The van der Waals surface area contributed by atoms with Crippen LogP contribution in [-0.2, 0) is 30.2 Å². The summed E-state index contributed by atoms with van der Waals surface area (Å²) in [5.41, 5.74) is -2.98. The number of nitrogens with one attached hydrogen (secondary N) is 2. The quantitative estimate of drug-likeness (QED) is 0.361. The number of methoxy groups -OCH3 is 2. The van der Waals surface area contributed by atoms with Crippen LogP contribution in [-0.4, -0.2) is 26.2 Å². The van der Waals surface area contributed by atoms with Crippen LogP contribution in [0, 0.1) is 11.3 Å². The number of rotatable bonds is 9. The Bertz CT molecular complexity index is 1100. The van der Waals surface area contributed by atoms with Gasteiger partial charge in [0, 0.05) is 30.8 Å². The standard InChI is InChI=1S/C27H32F6N2O3/c1-16(2)25(8-7-21(13-25)34-15-18-5-6-22(37-3)12-23(18)38-4)24(36)35-14-17-9-19(26(28,29)30)11-20(10-17)27(31,32)33/h5-6,9-12,16,21,34H,7-8,13-15H2,1-4H3,(H,35,36)/t21-,25+/m1/s1. The molecular formula is C27H32F6N2O3. The summed E-state index contributed by atoms with van der Waals surface area (Å²) in [6, 6.07) is 6.81. The molecule has 0 aromatic heterocycles. The van der Waals surface area contributed by atoms with Crippen LogP contribution in [0.25, 0.3) is 0 Å². The van der Waals surface area contributed by atoms with E-state index in [2.05, 4.69) is 10.6 Å². The lowest BCUT2D eigenvalue weighted by Gasteiger charge is -2.32. The largest absolute Gasteiger partial charge is 0.497 e. The molecule has 2 atom stereocenters. The third-order valence-electron chi connectivity index (χ3n) is 7.28. The maximum Gasteiger partial charge on any atom is 0.416 e. The van der Waals surface area contributed by atoms with Gasteiger partial charge in [-0.05, 0) is 55.0 Å². The van der Waals surface area contributed by atoms with Gasteiger partial charge < -0.3 is 20.1 Å². The van der Waals surface area contributed by atoms with Crippen LogP contribution in [0.15, 0.2) is 36.4 Å². The molecule has 0 spiro atoms. The number of hydrogen-bond donors (Lipinski definition) is 2. The van der Waals surface area contributed by atoms with Gasteiger partial charge in [0.05, 0.1) is 30.8 Å². The van der Waals surface area contributed by atoms with Crippen molar-refractivity contribution in [2.75, 3.05) is 14.2 Å². The average Bonchev–Trinajstić information content (AvgIpc) is 3.30. The minimum Gasteiger partial charge on any atom is -0.497 e. The first kappa shape index (κ1) is 29.6. The van der Waals surface area contributed by atoms with Crippen molar-refractivity contribution >= 4 is 5.91 Å². The second kappa shape index (κ2) is 11.4. The van der Waals surface area contributed by atoms with Crippen molar-refractivity contribution in [3.05, 3.63) is 58.7 Å². The lowest BCUT2D eigenvalue weighted by molar-refractivity contribution is -0.143. The Balaban J connectivity index is 1.71. The molecule has 5 nitrogen and oxygen atoms in total. The molecule has 3 rings (SSSR count). The van der Waals surface area contributed by atoms with E-state index in [0.717, 1.165) is 5.56 Å². The first-order chi connectivity index (χ1) is 17.7. The predicted octanol–water partition coefficient (Wildman–Crippen LogP) is 6.34. The van der Waals surface area contributed by atoms with E-state index >= 15 is 0 Å². The van der Waals surface area contributed by atoms with Crippen LogP contribution < -0.4 is 20.1 Å². The van der Waals surface area contributed by atoms with E-state index in [0.29, 0.717) is 49.4 Å². The molecule has 1 aliphatic rings. The Kier molecular flexibility index (Phi) is 8.90. The monoisotopic (exact) mass is 546 g/mol. The molecule has 11 heteroatoms. The van der Waals surface area contributed by atoms with Crippen LogP contribution in [0.3, 0.4) is 0 Å². The van der Waals surface area contributed by atoms with Crippen LogP contribution in [0.5, 0.6) is 11.5 Å². The smallest absolute Gasteiger partial charge is 0.416 e. The molecule has 2 N–H and O–H groups in total. The van der Waals surface area contributed by atoms with E-state index in [1.807, 2.05) is 26.0 Å². The highest BCUT2D eigenvalue weighted by atomic mass is 19.4. The van der Waals surface area contributed by atoms with Gasteiger partial charge in [-0.1, -0.05) is 19.9 Å². The van der Waals surface area contributed by atoms with E-state index in [1.165, 1.54) is 0 Å². The topological polar surface area (TPSA) is 59.6 Å². The molecule has 210 valence electrons. The number of amides is 1. The maximum atomic E-state index is 13.3. The number of benzene rings is 2. The zero-order valence-corrected chi connectivity index (χ0v) is 21.6. The van der Waals surface area contributed by atoms with Gasteiger partial charge in [0.1, 0.15) is 11.5 Å². The van der Waals surface area contributed by atoms with Crippen molar-refractivity contribution in [2.45, 2.75) is 64.6 Å². The SMILES string of the molecule is COc1ccc(CN[C@@H]2CC[C@@](C(=O)NCc3cc(C(F)(F)F)cc(C(F)(F)F)c3)(C(C)C)C2)c(OC)c1. The zero-order valence-electron chi connectivity index (χ0n) is 21.6. The molecule has 0 heterocycles. The molecular weight excluding hydrogens is 514 g/mol. The molecule has 1 fully saturated rings. The number of ether oxygens (including phenoxy) is 2. The summed E-state index contributed by atoms with van der Waals surface area (Å²) in [4.78, 5) is 13.3. The molecule has 0 unspecified atom stereocenters. The number of hydrogen-bond acceptors (Lipinski definition) is 4. The van der Waals surface area contributed by atoms with E-state index < -0.39 is 35.4 Å². The first-order valence-corrected chi connectivity index (χ1v) is 12.2. The molecule has 0 bridgehead atoms. The third-order valence-corrected chi connectivity index (χ3v) is 7.28. The summed E-state index contributed by atoms with van der Waals surface area (Å²) >= 11 is 0. The lowest BCUT2D eigenvalue weighted by atomic mass is 9.74. The molecule has 1 aliphatic carbocycles. The van der Waals surface area contributed by atoms with Crippen molar-refractivity contribution < 1.29 is 40.6 Å². The van der Waals surface area contributed by atoms with Crippen molar-refractivity contribution in [3.8, 4) is 11.5 Å². The highest BCUT2D eigenvalue weighted by Crippen LogP contribution is 2.45. The minimum absolute atomic E-state index is 0.0136. The Hall–Kier alpha value is -2.95. The molecule has 2 aromatic carbocycles. The van der Waals surface area contributed by atoms with Crippen molar-refractivity contribution in [1.29, 1.82) is 0 Å². The van der Waals surface area contributed by atoms with Gasteiger partial charge in [-0.15, -0.1) is 0 Å². The van der Waals surface area contributed by atoms with E-state index in [9.17, 15) is 31.1 Å². The van der Waals surface area contributed by atoms with Gasteiger partial charge in [-0.3, -0.25) is 4.79 Å². The maximum absolute atomic E-state index is 13.3. The minimum atomic E-state index is -4.95. The summed E-state index contributed by atoms with van der Waals surface area (Å²) in [7, 11) is 3.12. The van der Waals surface area contributed by atoms with Gasteiger partial charge in [-0.2, -0.15) is 26.3 Å². The van der Waals surface area contributed by atoms with Crippen LogP contribution in [0.4, 0.5) is 26.3 Å². The van der Waals surface area contributed by atoms with Crippen LogP contribution in [0.2, 0.25) is 0 Å². The lowest BCUT2D eigenvalue weighted by Crippen LogP contribution is -2.43. The Morgan fingerprint density at radius 3 is 2.13 bits per heavy atom. The summed E-state index contributed by atoms with van der Waals surface area (Å²) in [6.07, 6.45) is -8.20. The van der Waals surface area contributed by atoms with E-state index in [1.54, 1.807) is 20.3 Å². The number of carbonyl (C=O) groups is 1. The highest BCUT2D eigenvalue weighted by Gasteiger charge is 2.47. The molecule has 1 saturated carbocycles. The normalized spacial score (nSPS) is 20.0. The summed E-state index contributed by atoms with van der Waals surface area (Å²) < 4.78 is 89.8. The first-order valence-electron chi connectivity index (χ1n) is 12.2. The zero-order chi connectivity index (χ0) is 28.3. The summed E-state index contributed by atoms with van der Waals surface area (Å²) in [6.45, 7) is 3.82. The number of carbonyl (C=O) groups excluding carboxylic acids is 1. The van der Waals surface area contributed by atoms with Crippen molar-refractivity contribution in [1.82, 2.24) is 10.6 Å². The molecule has 0 aliphatic heterocycles. The van der Waals surface area contributed by atoms with Crippen molar-refractivity contribution in [2.24, 2.45) is 11.3 Å². The Morgan fingerprint density at radius 2 is 1.61 bits per heavy atom. The highest BCUT2D eigenvalue weighted by molar-refractivity contribution is 5.83. The number of halogens is 6. The van der Waals surface area contributed by atoms with Gasteiger partial charge in [0.15, 0.2) is 0 Å². The second-order valence-corrected chi connectivity index (χ2v) is 9.91. The molecule has 1 amide bonds. The Labute approximate surface area is 217 Å². The molecule has 38 heavy (non-hydrogen) atoms. The molecule has 0 radical (unpaired) electrons. The van der Waals surface area contributed by atoms with Gasteiger partial charge in [0.25, 0.3) is 0 Å². The molecule has 2 aromatic rings. The van der Waals surface area contributed by atoms with Gasteiger partial charge in [0.2, 0.25) is 5.91 Å². The fraction of sp³-hybridized carbons (Fsp3) is 0.519. The summed E-state index contributed by atoms with van der Waals surface area (Å²) in [5, 5.41) is 6.06. The van der Waals surface area contributed by atoms with Gasteiger partial charge in [-0.25, -0.2) is 0 Å². The molecule has 0 saturated heterocycles. The number of alkyl halides is 6. The summed E-state index contributed by atoms with van der Waals surface area (Å²) in [5.74, 6) is 0.828. The fourth-order valence-electron chi connectivity index (χ4n) is 4.97. The van der Waals surface area contributed by atoms with Gasteiger partial charge >= 0.3 is 12.4 Å². The Morgan fingerprint density at radius 1 is 0.974 bits per heavy atom. The fourth-order valence-corrected chi connectivity index (χ4v) is 4.97. The van der Waals surface area contributed by atoms with E-state index in [-0.39, 0.29) is 29.5 Å². The predicted molar refractivity (Wildman–Crippen MR) is 130 cm³/mol. The van der Waals surface area contributed by atoms with Crippen LogP contribution >= 0.6 is 0 Å². The van der Waals surface area contributed by atoms with E-state index in [4.69, 9.17) is 9.47 Å². The van der Waals surface area contributed by atoms with Crippen molar-refractivity contribution in [3.63, 3.8) is 0 Å². The third kappa shape index (κ3) is 6.73.